The van der Waals surface area contributed by atoms with Crippen LogP contribution in [0.25, 0.3) is 0 Å². The van der Waals surface area contributed by atoms with E-state index in [0.717, 1.165) is 0 Å². The summed E-state index contributed by atoms with van der Waals surface area (Å²) in [7, 11) is 0. The fourth-order valence-corrected chi connectivity index (χ4v) is 2.94. The molecule has 0 spiro atoms. The minimum atomic E-state index is -1.50. The maximum absolute atomic E-state index is 13.1. The van der Waals surface area contributed by atoms with Crippen LogP contribution in [0.2, 0.25) is 0 Å². The average molecular weight is 486 g/mol. The predicted molar refractivity (Wildman–Crippen MR) is 124 cm³/mol. The largest absolute Gasteiger partial charge is 0.484 e. The van der Waals surface area contributed by atoms with Gasteiger partial charge in [0.1, 0.15) is 29.2 Å². The van der Waals surface area contributed by atoms with Crippen LogP contribution in [-0.4, -0.2) is 76.9 Å². The van der Waals surface area contributed by atoms with Gasteiger partial charge in [0.15, 0.2) is 12.1 Å². The number of cyclic esters (lactones) is 1. The Balaban J connectivity index is 3.28. The normalized spacial score (nSPS) is 25.0. The second-order valence-electron chi connectivity index (χ2n) is 9.87. The standard InChI is InChI=1S/C24H39NO9/c1-10-12-16(11-2)32-19-15(3)31-20(27)17(13-30-14-18(19)26)25(21(28)33-23(4,5)6)22(29)34-24(7,8)9/h10-12,15,17-19,26H,13-14H2,1-9H3/b12-10-,16-11+/t15-,17-,18-,19-/m0/s1. The second-order valence-corrected chi connectivity index (χ2v) is 9.87. The molecule has 1 heterocycles. The van der Waals surface area contributed by atoms with Crippen LogP contribution in [0.15, 0.2) is 24.0 Å². The van der Waals surface area contributed by atoms with Crippen molar-refractivity contribution in [2.45, 2.75) is 97.9 Å². The van der Waals surface area contributed by atoms with Crippen molar-refractivity contribution in [2.24, 2.45) is 0 Å². The number of ether oxygens (including phenoxy) is 5. The lowest BCUT2D eigenvalue weighted by molar-refractivity contribution is -0.163. The fourth-order valence-electron chi connectivity index (χ4n) is 2.94. The molecule has 2 amide bonds. The first-order chi connectivity index (χ1) is 15.6. The average Bonchev–Trinajstić information content (AvgIpc) is 2.70. The van der Waals surface area contributed by atoms with E-state index >= 15 is 0 Å². The van der Waals surface area contributed by atoms with Crippen LogP contribution >= 0.6 is 0 Å². The highest BCUT2D eigenvalue weighted by Crippen LogP contribution is 2.22. The first-order valence-electron chi connectivity index (χ1n) is 11.3. The van der Waals surface area contributed by atoms with E-state index in [9.17, 15) is 19.5 Å². The molecule has 10 nitrogen and oxygen atoms in total. The van der Waals surface area contributed by atoms with E-state index in [1.807, 2.05) is 6.92 Å². The maximum Gasteiger partial charge on any atom is 0.420 e. The Morgan fingerprint density at radius 3 is 2.00 bits per heavy atom. The molecular formula is C24H39NO9. The summed E-state index contributed by atoms with van der Waals surface area (Å²) < 4.78 is 27.6. The molecule has 1 aliphatic heterocycles. The van der Waals surface area contributed by atoms with Gasteiger partial charge in [0, 0.05) is 0 Å². The van der Waals surface area contributed by atoms with Gasteiger partial charge >= 0.3 is 18.2 Å². The van der Waals surface area contributed by atoms with Gasteiger partial charge in [-0.1, -0.05) is 6.08 Å². The van der Waals surface area contributed by atoms with Crippen molar-refractivity contribution in [1.29, 1.82) is 0 Å². The number of hydrogen-bond acceptors (Lipinski definition) is 9. The van der Waals surface area contributed by atoms with Gasteiger partial charge in [-0.15, -0.1) is 0 Å². The molecule has 194 valence electrons. The molecular weight excluding hydrogens is 446 g/mol. The van der Waals surface area contributed by atoms with E-state index in [1.54, 1.807) is 73.6 Å². The topological polar surface area (TPSA) is 121 Å². The lowest BCUT2D eigenvalue weighted by Crippen LogP contribution is -2.54. The quantitative estimate of drug-likeness (QED) is 0.275. The summed E-state index contributed by atoms with van der Waals surface area (Å²) in [6.07, 6.45) is -0.0617. The summed E-state index contributed by atoms with van der Waals surface area (Å²) in [5.74, 6) is -0.464. The summed E-state index contributed by atoms with van der Waals surface area (Å²) >= 11 is 0. The van der Waals surface area contributed by atoms with Gasteiger partial charge < -0.3 is 28.8 Å². The smallest absolute Gasteiger partial charge is 0.420 e. The zero-order chi connectivity index (χ0) is 26.3. The van der Waals surface area contributed by atoms with Crippen LogP contribution in [0.5, 0.6) is 0 Å². The van der Waals surface area contributed by atoms with Crippen molar-refractivity contribution in [3.63, 3.8) is 0 Å². The van der Waals surface area contributed by atoms with Crippen LogP contribution in [0.4, 0.5) is 9.59 Å². The highest BCUT2D eigenvalue weighted by Gasteiger charge is 2.44. The Bertz CT molecular complexity index is 748. The van der Waals surface area contributed by atoms with Crippen LogP contribution < -0.4 is 0 Å². The van der Waals surface area contributed by atoms with Crippen LogP contribution in [0.3, 0.4) is 0 Å². The number of carbonyl (C=O) groups excluding carboxylic acids is 3. The lowest BCUT2D eigenvalue weighted by Gasteiger charge is -2.32. The Kier molecular flexibility index (Phi) is 10.6. The Labute approximate surface area is 201 Å². The van der Waals surface area contributed by atoms with Crippen molar-refractivity contribution < 1.29 is 43.2 Å². The molecule has 1 rings (SSSR count). The molecule has 0 aromatic carbocycles. The molecule has 1 N–H and O–H groups in total. The molecule has 0 aromatic heterocycles. The van der Waals surface area contributed by atoms with Crippen molar-refractivity contribution in [1.82, 2.24) is 4.90 Å². The van der Waals surface area contributed by atoms with Gasteiger partial charge in [0.2, 0.25) is 0 Å². The molecule has 1 fully saturated rings. The molecule has 1 aliphatic rings. The summed E-state index contributed by atoms with van der Waals surface area (Å²) in [5.41, 5.74) is -1.89. The first kappa shape index (κ1) is 29.4. The number of nitrogens with zero attached hydrogens (tertiary/aromatic N) is 1. The minimum absolute atomic E-state index is 0.231. The molecule has 34 heavy (non-hydrogen) atoms. The minimum Gasteiger partial charge on any atom is -0.484 e. The number of aliphatic hydroxyl groups excluding tert-OH is 1. The number of aliphatic hydroxyl groups is 1. The number of hydrogen-bond donors (Lipinski definition) is 1. The molecule has 0 unspecified atom stereocenters. The molecule has 0 bridgehead atoms. The highest BCUT2D eigenvalue weighted by molar-refractivity contribution is 5.94. The van der Waals surface area contributed by atoms with Gasteiger partial charge in [0.25, 0.3) is 0 Å². The van der Waals surface area contributed by atoms with Gasteiger partial charge in [-0.3, -0.25) is 0 Å². The molecule has 0 radical (unpaired) electrons. The van der Waals surface area contributed by atoms with Gasteiger partial charge in [-0.05, 0) is 74.5 Å². The second kappa shape index (κ2) is 12.2. The molecule has 0 saturated carbocycles. The summed E-state index contributed by atoms with van der Waals surface area (Å²) in [4.78, 5) is 39.5. The number of carbonyl (C=O) groups is 3. The van der Waals surface area contributed by atoms with Crippen molar-refractivity contribution in [2.75, 3.05) is 13.2 Å². The first-order valence-corrected chi connectivity index (χ1v) is 11.3. The number of amides is 2. The van der Waals surface area contributed by atoms with E-state index in [2.05, 4.69) is 0 Å². The summed E-state index contributed by atoms with van der Waals surface area (Å²) in [6.45, 7) is 14.2. The third-order valence-corrected chi connectivity index (χ3v) is 4.36. The van der Waals surface area contributed by atoms with Gasteiger partial charge in [-0.25, -0.2) is 14.4 Å². The Morgan fingerprint density at radius 2 is 1.56 bits per heavy atom. The van der Waals surface area contributed by atoms with Crippen molar-refractivity contribution in [3.8, 4) is 0 Å². The fraction of sp³-hybridized carbons (Fsp3) is 0.708. The van der Waals surface area contributed by atoms with Crippen molar-refractivity contribution in [3.05, 3.63) is 24.0 Å². The van der Waals surface area contributed by atoms with E-state index in [1.165, 1.54) is 0 Å². The molecule has 4 atom stereocenters. The Hall–Kier alpha value is -2.59. The highest BCUT2D eigenvalue weighted by atomic mass is 16.6. The zero-order valence-electron chi connectivity index (χ0n) is 21.6. The monoisotopic (exact) mass is 485 g/mol. The van der Waals surface area contributed by atoms with Gasteiger partial charge in [0.05, 0.1) is 13.2 Å². The molecule has 1 saturated heterocycles. The SMILES string of the molecule is C/C=C\C(=C/C)O[C@H]1[C@H](C)OC(=O)[C@@H](N(C(=O)OC(C)(C)C)C(=O)OC(C)(C)C)COC[C@@H]1O. The number of esters is 1. The zero-order valence-corrected chi connectivity index (χ0v) is 21.6. The van der Waals surface area contributed by atoms with E-state index in [4.69, 9.17) is 23.7 Å². The van der Waals surface area contributed by atoms with Crippen LogP contribution in [-0.2, 0) is 28.5 Å². The third-order valence-electron chi connectivity index (χ3n) is 4.36. The van der Waals surface area contributed by atoms with E-state index < -0.39 is 60.3 Å². The predicted octanol–water partition coefficient (Wildman–Crippen LogP) is 3.72. The number of imide groups is 1. The van der Waals surface area contributed by atoms with E-state index in [0.29, 0.717) is 10.7 Å². The lowest BCUT2D eigenvalue weighted by atomic mass is 10.1. The Morgan fingerprint density at radius 1 is 1.03 bits per heavy atom. The molecule has 0 aliphatic carbocycles. The number of rotatable bonds is 4. The van der Waals surface area contributed by atoms with Crippen LogP contribution in [0, 0.1) is 0 Å². The molecule has 0 aromatic rings. The van der Waals surface area contributed by atoms with Crippen LogP contribution in [0.1, 0.15) is 62.3 Å². The third kappa shape index (κ3) is 9.34. The summed E-state index contributed by atoms with van der Waals surface area (Å²) in [6, 6.07) is -1.50. The number of allylic oxidation sites excluding steroid dienone is 3. The van der Waals surface area contributed by atoms with Gasteiger partial charge in [-0.2, -0.15) is 4.90 Å². The van der Waals surface area contributed by atoms with E-state index in [-0.39, 0.29) is 6.61 Å². The maximum atomic E-state index is 13.1. The summed E-state index contributed by atoms with van der Waals surface area (Å²) in [5, 5.41) is 10.6. The molecule has 10 heteroatoms. The van der Waals surface area contributed by atoms with Crippen molar-refractivity contribution >= 4 is 18.2 Å².